The van der Waals surface area contributed by atoms with Gasteiger partial charge >= 0.3 is 0 Å². The standard InChI is InChI=1S/C19H19BrN8O2/c1-21-17-11-7-24-27(18(11)23-9-22-17)8-16(29)28-12-5-10(12)6-13(28)19(30)26-15-4-2-3-14(20)25-15/h2-4,7,9-10,12-13H,5-6,8H2,1H3,(H,21,22,23)(H,25,26,30)/t10-,12-,13+/m1/s1. The molecule has 10 nitrogen and oxygen atoms in total. The van der Waals surface area contributed by atoms with Crippen molar-refractivity contribution in [2.45, 2.75) is 31.5 Å². The number of carbonyl (C=O) groups excluding carboxylic acids is 2. The third kappa shape index (κ3) is 3.28. The summed E-state index contributed by atoms with van der Waals surface area (Å²) in [7, 11) is 1.77. The van der Waals surface area contributed by atoms with Gasteiger partial charge in [-0.1, -0.05) is 6.07 Å². The quantitative estimate of drug-likeness (QED) is 0.544. The molecule has 154 valence electrons. The second-order valence-corrected chi connectivity index (χ2v) is 8.27. The van der Waals surface area contributed by atoms with Crippen LogP contribution in [0.25, 0.3) is 11.0 Å². The number of amides is 2. The predicted molar refractivity (Wildman–Crippen MR) is 113 cm³/mol. The molecule has 3 atom stereocenters. The highest BCUT2D eigenvalue weighted by Gasteiger charge is 2.56. The molecule has 0 radical (unpaired) electrons. The molecule has 3 aromatic rings. The van der Waals surface area contributed by atoms with Crippen LogP contribution < -0.4 is 10.6 Å². The Morgan fingerprint density at radius 2 is 2.13 bits per heavy atom. The number of carbonyl (C=O) groups is 2. The van der Waals surface area contributed by atoms with Crippen LogP contribution in [0.3, 0.4) is 0 Å². The number of likely N-dealkylation sites (tertiary alicyclic amines) is 1. The number of anilines is 2. The molecule has 2 aliphatic rings. The van der Waals surface area contributed by atoms with Gasteiger partial charge in [-0.3, -0.25) is 9.59 Å². The van der Waals surface area contributed by atoms with E-state index in [0.717, 1.165) is 11.8 Å². The van der Waals surface area contributed by atoms with Gasteiger partial charge in [-0.2, -0.15) is 5.10 Å². The molecule has 30 heavy (non-hydrogen) atoms. The summed E-state index contributed by atoms with van der Waals surface area (Å²) >= 11 is 3.30. The zero-order chi connectivity index (χ0) is 20.8. The fraction of sp³-hybridized carbons (Fsp3) is 0.368. The van der Waals surface area contributed by atoms with Gasteiger partial charge in [0, 0.05) is 13.1 Å². The largest absolute Gasteiger partial charge is 0.372 e. The van der Waals surface area contributed by atoms with Crippen LogP contribution >= 0.6 is 15.9 Å². The van der Waals surface area contributed by atoms with Crippen LogP contribution in [-0.2, 0) is 16.1 Å². The maximum atomic E-state index is 13.2. The maximum absolute atomic E-state index is 13.2. The smallest absolute Gasteiger partial charge is 0.248 e. The summed E-state index contributed by atoms with van der Waals surface area (Å²) in [5.74, 6) is 1.13. The fourth-order valence-corrected chi connectivity index (χ4v) is 4.50. The Balaban J connectivity index is 1.35. The number of piperidine rings is 1. The lowest BCUT2D eigenvalue weighted by Crippen LogP contribution is -2.46. The van der Waals surface area contributed by atoms with Crippen molar-refractivity contribution < 1.29 is 9.59 Å². The van der Waals surface area contributed by atoms with Gasteiger partial charge in [0.25, 0.3) is 0 Å². The van der Waals surface area contributed by atoms with Crippen LogP contribution in [0.15, 0.2) is 35.3 Å². The average Bonchev–Trinajstić information content (AvgIpc) is 3.20. The SMILES string of the molecule is CNc1ncnc2c1cnn2CC(=O)N1[C@@H]2C[C@@H]2C[C@H]1C(=O)Nc1cccc(Br)n1. The number of halogens is 1. The van der Waals surface area contributed by atoms with Crippen molar-refractivity contribution in [2.75, 3.05) is 17.7 Å². The van der Waals surface area contributed by atoms with Crippen LogP contribution in [0.2, 0.25) is 0 Å². The normalized spacial score (nSPS) is 22.1. The zero-order valence-electron chi connectivity index (χ0n) is 16.1. The summed E-state index contributed by atoms with van der Waals surface area (Å²) in [6, 6.07) is 4.92. The highest BCUT2D eigenvalue weighted by molar-refractivity contribution is 9.10. The summed E-state index contributed by atoms with van der Waals surface area (Å²) < 4.78 is 2.19. The molecule has 0 aromatic carbocycles. The lowest BCUT2D eigenvalue weighted by atomic mass is 10.1. The van der Waals surface area contributed by atoms with Crippen LogP contribution in [0, 0.1) is 5.92 Å². The molecule has 1 aliphatic carbocycles. The van der Waals surface area contributed by atoms with E-state index in [4.69, 9.17) is 0 Å². The highest BCUT2D eigenvalue weighted by atomic mass is 79.9. The molecule has 0 spiro atoms. The first-order valence-electron chi connectivity index (χ1n) is 9.64. The Morgan fingerprint density at radius 1 is 1.27 bits per heavy atom. The molecule has 2 N–H and O–H groups in total. The first kappa shape index (κ1) is 18.9. The lowest BCUT2D eigenvalue weighted by Gasteiger charge is -2.26. The molecule has 2 amide bonds. The lowest BCUT2D eigenvalue weighted by molar-refractivity contribution is -0.138. The van der Waals surface area contributed by atoms with E-state index in [9.17, 15) is 9.59 Å². The molecular weight excluding hydrogens is 452 g/mol. The van der Waals surface area contributed by atoms with Crippen molar-refractivity contribution in [1.29, 1.82) is 0 Å². The van der Waals surface area contributed by atoms with Gasteiger partial charge < -0.3 is 15.5 Å². The maximum Gasteiger partial charge on any atom is 0.248 e. The van der Waals surface area contributed by atoms with E-state index in [2.05, 4.69) is 46.6 Å². The van der Waals surface area contributed by atoms with Gasteiger partial charge in [0.15, 0.2) is 5.65 Å². The third-order valence-corrected chi connectivity index (χ3v) is 6.06. The highest BCUT2D eigenvalue weighted by Crippen LogP contribution is 2.48. The number of rotatable bonds is 5. The molecule has 11 heteroatoms. The van der Waals surface area contributed by atoms with E-state index in [1.54, 1.807) is 41.0 Å². The fourth-order valence-electron chi connectivity index (χ4n) is 4.15. The average molecular weight is 471 g/mol. The van der Waals surface area contributed by atoms with Crippen molar-refractivity contribution >= 4 is 50.4 Å². The van der Waals surface area contributed by atoms with Gasteiger partial charge in [-0.15, -0.1) is 0 Å². The van der Waals surface area contributed by atoms with Crippen LogP contribution in [0.5, 0.6) is 0 Å². The number of pyridine rings is 1. The number of aromatic nitrogens is 5. The van der Waals surface area contributed by atoms with E-state index < -0.39 is 6.04 Å². The van der Waals surface area contributed by atoms with Gasteiger partial charge in [-0.05, 0) is 46.8 Å². The van der Waals surface area contributed by atoms with Gasteiger partial charge in [0.2, 0.25) is 11.8 Å². The minimum atomic E-state index is -0.508. The molecule has 3 aromatic heterocycles. The second kappa shape index (κ2) is 7.31. The van der Waals surface area contributed by atoms with Crippen molar-refractivity contribution in [2.24, 2.45) is 5.92 Å². The Labute approximate surface area is 180 Å². The van der Waals surface area contributed by atoms with Gasteiger partial charge in [0.05, 0.1) is 11.6 Å². The minimum Gasteiger partial charge on any atom is -0.372 e. The number of nitrogens with zero attached hydrogens (tertiary/aromatic N) is 6. The van der Waals surface area contributed by atoms with E-state index in [1.165, 1.54) is 6.33 Å². The van der Waals surface area contributed by atoms with Gasteiger partial charge in [0.1, 0.15) is 35.2 Å². The van der Waals surface area contributed by atoms with E-state index >= 15 is 0 Å². The summed E-state index contributed by atoms with van der Waals surface area (Å²) in [4.78, 5) is 40.4. The van der Waals surface area contributed by atoms with Crippen molar-refractivity contribution in [3.05, 3.63) is 35.3 Å². The van der Waals surface area contributed by atoms with Crippen molar-refractivity contribution in [3.8, 4) is 0 Å². The zero-order valence-corrected chi connectivity index (χ0v) is 17.7. The summed E-state index contributed by atoms with van der Waals surface area (Å²) in [5, 5.41) is 10.9. The molecule has 1 saturated heterocycles. The summed E-state index contributed by atoms with van der Waals surface area (Å²) in [6.07, 6.45) is 4.69. The summed E-state index contributed by atoms with van der Waals surface area (Å²) in [5.41, 5.74) is 0.577. The van der Waals surface area contributed by atoms with Crippen LogP contribution in [0.4, 0.5) is 11.6 Å². The first-order valence-corrected chi connectivity index (χ1v) is 10.4. The monoisotopic (exact) mass is 470 g/mol. The van der Waals surface area contributed by atoms with Crippen molar-refractivity contribution in [1.82, 2.24) is 29.6 Å². The second-order valence-electron chi connectivity index (χ2n) is 7.46. The predicted octanol–water partition coefficient (Wildman–Crippen LogP) is 1.65. The van der Waals surface area contributed by atoms with E-state index in [0.29, 0.717) is 34.2 Å². The Morgan fingerprint density at radius 3 is 2.93 bits per heavy atom. The number of fused-ring (bicyclic) bond motifs is 2. The number of nitrogens with one attached hydrogen (secondary N) is 2. The minimum absolute atomic E-state index is 0.0196. The molecule has 5 rings (SSSR count). The van der Waals surface area contributed by atoms with Crippen LogP contribution in [0.1, 0.15) is 12.8 Å². The van der Waals surface area contributed by atoms with Crippen molar-refractivity contribution in [3.63, 3.8) is 0 Å². The molecule has 0 unspecified atom stereocenters. The Kier molecular flexibility index (Phi) is 4.61. The Hall–Kier alpha value is -3.08. The summed E-state index contributed by atoms with van der Waals surface area (Å²) in [6.45, 7) is 0.0196. The van der Waals surface area contributed by atoms with Crippen LogP contribution in [-0.4, -0.2) is 60.6 Å². The third-order valence-electron chi connectivity index (χ3n) is 5.62. The molecule has 2 fully saturated rings. The number of hydrogen-bond acceptors (Lipinski definition) is 7. The molecule has 1 saturated carbocycles. The van der Waals surface area contributed by atoms with Gasteiger partial charge in [-0.25, -0.2) is 19.6 Å². The molecule has 1 aliphatic heterocycles. The molecule has 0 bridgehead atoms. The van der Waals surface area contributed by atoms with E-state index in [-0.39, 0.29) is 24.4 Å². The van der Waals surface area contributed by atoms with E-state index in [1.807, 2.05) is 0 Å². The molecule has 4 heterocycles. The topological polar surface area (TPSA) is 118 Å². The molecular formula is C19H19BrN8O2. The number of hydrogen-bond donors (Lipinski definition) is 2. The first-order chi connectivity index (χ1) is 14.5. The Bertz CT molecular complexity index is 1150.